The second-order valence-electron chi connectivity index (χ2n) is 5.69. The number of benzene rings is 1. The molecule has 1 fully saturated rings. The Hall–Kier alpha value is -2.04. The fourth-order valence-electron chi connectivity index (χ4n) is 2.86. The molecule has 0 radical (unpaired) electrons. The van der Waals surface area contributed by atoms with Crippen molar-refractivity contribution in [2.75, 3.05) is 26.7 Å². The lowest BCUT2D eigenvalue weighted by Gasteiger charge is -2.41. The Morgan fingerprint density at radius 1 is 1.33 bits per heavy atom. The minimum absolute atomic E-state index is 0.0163. The number of nitrogens with one attached hydrogen (secondary N) is 1. The summed E-state index contributed by atoms with van der Waals surface area (Å²) in [5, 5.41) is 2.44. The summed E-state index contributed by atoms with van der Waals surface area (Å²) in [6.45, 7) is 3.59. The highest BCUT2D eigenvalue weighted by molar-refractivity contribution is 5.82. The van der Waals surface area contributed by atoms with Crippen molar-refractivity contribution >= 4 is 12.0 Å². The Labute approximate surface area is 125 Å². The predicted octanol–water partition coefficient (Wildman–Crippen LogP) is 1.92. The maximum absolute atomic E-state index is 12.2. The van der Waals surface area contributed by atoms with Crippen LogP contribution in [-0.2, 0) is 14.9 Å². The van der Waals surface area contributed by atoms with Crippen LogP contribution in [0.1, 0.15) is 25.3 Å². The van der Waals surface area contributed by atoms with Gasteiger partial charge in [0.1, 0.15) is 6.54 Å². The zero-order chi connectivity index (χ0) is 15.3. The molecule has 5 nitrogen and oxygen atoms in total. The molecular weight excluding hydrogens is 268 g/mol. The van der Waals surface area contributed by atoms with Gasteiger partial charge in [-0.3, -0.25) is 4.79 Å². The smallest absolute Gasteiger partial charge is 0.407 e. The van der Waals surface area contributed by atoms with Gasteiger partial charge in [-0.05, 0) is 18.4 Å². The Morgan fingerprint density at radius 3 is 2.71 bits per heavy atom. The number of carbonyl (C=O) groups excluding carboxylic acids is 2. The third-order valence-corrected chi connectivity index (χ3v) is 4.09. The van der Waals surface area contributed by atoms with Gasteiger partial charge < -0.3 is 15.0 Å². The van der Waals surface area contributed by atoms with Crippen molar-refractivity contribution in [2.45, 2.75) is 25.2 Å². The first-order chi connectivity index (χ1) is 10.0. The quantitative estimate of drug-likeness (QED) is 0.925. The van der Waals surface area contributed by atoms with Gasteiger partial charge >= 0.3 is 6.09 Å². The highest BCUT2D eigenvalue weighted by Gasteiger charge is 2.34. The first-order valence-corrected chi connectivity index (χ1v) is 7.20. The average Bonchev–Trinajstić information content (AvgIpc) is 2.53. The van der Waals surface area contributed by atoms with Gasteiger partial charge in [0.05, 0.1) is 7.11 Å². The van der Waals surface area contributed by atoms with Gasteiger partial charge in [0, 0.05) is 18.5 Å². The van der Waals surface area contributed by atoms with Gasteiger partial charge in [-0.1, -0.05) is 37.3 Å². The number of carbonyl (C=O) groups is 2. The minimum Gasteiger partial charge on any atom is -0.453 e. The molecule has 0 aliphatic carbocycles. The summed E-state index contributed by atoms with van der Waals surface area (Å²) in [6, 6.07) is 10.3. The van der Waals surface area contributed by atoms with Crippen molar-refractivity contribution in [3.63, 3.8) is 0 Å². The maximum atomic E-state index is 12.2. The Morgan fingerprint density at radius 2 is 2.05 bits per heavy atom. The summed E-state index contributed by atoms with van der Waals surface area (Å²) in [5.41, 5.74) is 1.23. The van der Waals surface area contributed by atoms with Gasteiger partial charge in [-0.25, -0.2) is 4.79 Å². The number of ether oxygens (including phenoxy) is 1. The molecular formula is C16H22N2O3. The minimum atomic E-state index is -0.578. The number of hydrogen-bond acceptors (Lipinski definition) is 3. The molecule has 1 aliphatic rings. The molecule has 2 rings (SSSR count). The number of methoxy groups -OCH3 is 1. The average molecular weight is 290 g/mol. The van der Waals surface area contributed by atoms with E-state index in [-0.39, 0.29) is 17.9 Å². The third-order valence-electron chi connectivity index (χ3n) is 4.09. The molecule has 0 spiro atoms. The van der Waals surface area contributed by atoms with E-state index in [1.54, 1.807) is 0 Å². The van der Waals surface area contributed by atoms with Crippen molar-refractivity contribution in [1.29, 1.82) is 0 Å². The highest BCUT2D eigenvalue weighted by Crippen LogP contribution is 2.33. The number of piperidine rings is 1. The first kappa shape index (κ1) is 15.4. The lowest BCUT2D eigenvalue weighted by atomic mass is 9.76. The van der Waals surface area contributed by atoms with Gasteiger partial charge in [-0.2, -0.15) is 0 Å². The zero-order valence-corrected chi connectivity index (χ0v) is 12.6. The summed E-state index contributed by atoms with van der Waals surface area (Å²) < 4.78 is 4.48. The summed E-state index contributed by atoms with van der Waals surface area (Å²) in [6.07, 6.45) is 1.45. The first-order valence-electron chi connectivity index (χ1n) is 7.20. The van der Waals surface area contributed by atoms with E-state index in [4.69, 9.17) is 0 Å². The molecule has 1 saturated heterocycles. The van der Waals surface area contributed by atoms with Crippen molar-refractivity contribution in [1.82, 2.24) is 10.2 Å². The molecule has 1 aromatic rings. The van der Waals surface area contributed by atoms with Crippen LogP contribution < -0.4 is 5.32 Å². The molecule has 1 atom stereocenters. The molecule has 0 unspecified atom stereocenters. The molecule has 0 bridgehead atoms. The van der Waals surface area contributed by atoms with Gasteiger partial charge in [0.2, 0.25) is 5.91 Å². The predicted molar refractivity (Wildman–Crippen MR) is 80.0 cm³/mol. The number of alkyl carbamates (subject to hydrolysis) is 1. The van der Waals surface area contributed by atoms with Crippen LogP contribution in [0.4, 0.5) is 4.79 Å². The molecule has 2 amide bonds. The van der Waals surface area contributed by atoms with E-state index >= 15 is 0 Å². The highest BCUT2D eigenvalue weighted by atomic mass is 16.5. The van der Waals surface area contributed by atoms with Crippen LogP contribution >= 0.6 is 0 Å². The van der Waals surface area contributed by atoms with Gasteiger partial charge in [0.25, 0.3) is 0 Å². The van der Waals surface area contributed by atoms with E-state index in [0.29, 0.717) is 6.54 Å². The van der Waals surface area contributed by atoms with E-state index in [2.05, 4.69) is 29.1 Å². The van der Waals surface area contributed by atoms with Crippen LogP contribution in [0.25, 0.3) is 0 Å². The van der Waals surface area contributed by atoms with Crippen LogP contribution in [-0.4, -0.2) is 43.6 Å². The van der Waals surface area contributed by atoms with E-state index in [0.717, 1.165) is 19.4 Å². The van der Waals surface area contributed by atoms with Crippen molar-refractivity contribution < 1.29 is 14.3 Å². The molecule has 1 N–H and O–H groups in total. The number of amides is 2. The summed E-state index contributed by atoms with van der Waals surface area (Å²) >= 11 is 0. The maximum Gasteiger partial charge on any atom is 0.407 e. The number of rotatable bonds is 3. The molecule has 1 aromatic carbocycles. The third kappa shape index (κ3) is 3.74. The van der Waals surface area contributed by atoms with E-state index in [1.165, 1.54) is 12.7 Å². The van der Waals surface area contributed by atoms with Crippen LogP contribution in [0.3, 0.4) is 0 Å². The van der Waals surface area contributed by atoms with Crippen LogP contribution in [0.5, 0.6) is 0 Å². The number of likely N-dealkylation sites (tertiary alicyclic amines) is 1. The standard InChI is InChI=1S/C16H22N2O3/c1-16(13-7-4-3-5-8-13)9-6-10-18(12-16)14(19)11-17-15(20)21-2/h3-5,7-8H,6,9-12H2,1-2H3,(H,17,20)/t16-/m1/s1. The Bertz CT molecular complexity index is 504. The van der Waals surface area contributed by atoms with Gasteiger partial charge in [0.15, 0.2) is 0 Å². The summed E-state index contributed by atoms with van der Waals surface area (Å²) in [4.78, 5) is 25.1. The monoisotopic (exact) mass is 290 g/mol. The fourth-order valence-corrected chi connectivity index (χ4v) is 2.86. The summed E-state index contributed by atoms with van der Waals surface area (Å²) in [5.74, 6) is -0.0674. The topological polar surface area (TPSA) is 58.6 Å². The molecule has 114 valence electrons. The molecule has 21 heavy (non-hydrogen) atoms. The van der Waals surface area contributed by atoms with Crippen molar-refractivity contribution in [3.8, 4) is 0 Å². The van der Waals surface area contributed by atoms with Crippen LogP contribution in [0.2, 0.25) is 0 Å². The normalized spacial score (nSPS) is 21.7. The van der Waals surface area contributed by atoms with Crippen molar-refractivity contribution in [2.24, 2.45) is 0 Å². The van der Waals surface area contributed by atoms with E-state index in [9.17, 15) is 9.59 Å². The second kappa shape index (κ2) is 6.61. The zero-order valence-electron chi connectivity index (χ0n) is 12.6. The molecule has 1 aliphatic heterocycles. The molecule has 5 heteroatoms. The largest absolute Gasteiger partial charge is 0.453 e. The molecule has 0 saturated carbocycles. The second-order valence-corrected chi connectivity index (χ2v) is 5.69. The van der Waals surface area contributed by atoms with E-state index < -0.39 is 6.09 Å². The van der Waals surface area contributed by atoms with E-state index in [1.807, 2.05) is 23.1 Å². The lowest BCUT2D eigenvalue weighted by Crippen LogP contribution is -2.50. The number of hydrogen-bond donors (Lipinski definition) is 1. The molecule has 1 heterocycles. The number of nitrogens with zero attached hydrogens (tertiary/aromatic N) is 1. The fraction of sp³-hybridized carbons (Fsp3) is 0.500. The van der Waals surface area contributed by atoms with Crippen molar-refractivity contribution in [3.05, 3.63) is 35.9 Å². The SMILES string of the molecule is COC(=O)NCC(=O)N1CCC[C@@](C)(c2ccccc2)C1. The Balaban J connectivity index is 2.00. The van der Waals surface area contributed by atoms with Crippen LogP contribution in [0.15, 0.2) is 30.3 Å². The van der Waals surface area contributed by atoms with Gasteiger partial charge in [-0.15, -0.1) is 0 Å². The summed E-state index contributed by atoms with van der Waals surface area (Å²) in [7, 11) is 1.28. The van der Waals surface area contributed by atoms with Crippen LogP contribution in [0, 0.1) is 0 Å². The Kier molecular flexibility index (Phi) is 4.83. The lowest BCUT2D eigenvalue weighted by molar-refractivity contribution is -0.132. The molecule has 0 aromatic heterocycles.